The Balaban J connectivity index is 2.27. The van der Waals surface area contributed by atoms with E-state index in [1.165, 1.54) is 6.07 Å². The first-order valence-corrected chi connectivity index (χ1v) is 6.70. The van der Waals surface area contributed by atoms with Crippen molar-refractivity contribution in [1.82, 2.24) is 15.5 Å². The maximum atomic E-state index is 13.8. The molecular weight excluding hydrogens is 297 g/mol. The first-order valence-electron chi connectivity index (χ1n) is 5.90. The fraction of sp³-hybridized carbons (Fsp3) is 0.308. The molecule has 0 aliphatic heterocycles. The average Bonchev–Trinajstić information content (AvgIpc) is 2.81. The van der Waals surface area contributed by atoms with Crippen LogP contribution in [-0.2, 0) is 6.54 Å². The Morgan fingerprint density at radius 3 is 3.06 bits per heavy atom. The molecule has 0 atom stereocenters. The molecule has 0 aliphatic carbocycles. The van der Waals surface area contributed by atoms with Gasteiger partial charge in [0.25, 0.3) is 0 Å². The lowest BCUT2D eigenvalue weighted by molar-refractivity contribution is 0.629. The van der Waals surface area contributed by atoms with Crippen molar-refractivity contribution in [3.8, 4) is 11.3 Å². The number of halogens is 2. The van der Waals surface area contributed by atoms with E-state index in [2.05, 4.69) is 38.4 Å². The number of nitrogens with zero attached hydrogens (tertiary/aromatic N) is 1. The topological polar surface area (TPSA) is 40.7 Å². The van der Waals surface area contributed by atoms with Crippen molar-refractivity contribution >= 4 is 15.9 Å². The second-order valence-corrected chi connectivity index (χ2v) is 4.99. The van der Waals surface area contributed by atoms with Crippen LogP contribution in [0.1, 0.15) is 18.9 Å². The van der Waals surface area contributed by atoms with E-state index in [1.807, 2.05) is 0 Å². The summed E-state index contributed by atoms with van der Waals surface area (Å²) in [5, 5.41) is 10.2. The summed E-state index contributed by atoms with van der Waals surface area (Å²) in [5.74, 6) is -0.251. The molecule has 2 rings (SSSR count). The molecule has 0 bridgehead atoms. The van der Waals surface area contributed by atoms with Gasteiger partial charge in [-0.25, -0.2) is 4.39 Å². The minimum absolute atomic E-state index is 0.251. The van der Waals surface area contributed by atoms with Crippen LogP contribution < -0.4 is 5.32 Å². The lowest BCUT2D eigenvalue weighted by Gasteiger charge is -2.06. The van der Waals surface area contributed by atoms with Gasteiger partial charge >= 0.3 is 0 Å². The van der Waals surface area contributed by atoms with Gasteiger partial charge in [-0.05, 0) is 31.2 Å². The van der Waals surface area contributed by atoms with Gasteiger partial charge < -0.3 is 5.32 Å². The fourth-order valence-electron chi connectivity index (χ4n) is 1.77. The van der Waals surface area contributed by atoms with Crippen molar-refractivity contribution in [3.05, 3.63) is 40.2 Å². The van der Waals surface area contributed by atoms with Gasteiger partial charge in [0, 0.05) is 22.1 Å². The Morgan fingerprint density at radius 2 is 2.28 bits per heavy atom. The monoisotopic (exact) mass is 311 g/mol. The Bertz CT molecular complexity index is 525. The molecule has 0 aliphatic rings. The molecule has 2 aromatic rings. The van der Waals surface area contributed by atoms with E-state index in [0.29, 0.717) is 12.1 Å². The van der Waals surface area contributed by atoms with E-state index in [0.717, 1.165) is 28.7 Å². The maximum absolute atomic E-state index is 13.8. The van der Waals surface area contributed by atoms with Gasteiger partial charge in [0.1, 0.15) is 5.82 Å². The van der Waals surface area contributed by atoms with Gasteiger partial charge in [-0.15, -0.1) is 0 Å². The summed E-state index contributed by atoms with van der Waals surface area (Å²) in [6.45, 7) is 3.73. The van der Waals surface area contributed by atoms with Crippen LogP contribution in [0.4, 0.5) is 4.39 Å². The number of nitrogens with one attached hydrogen (secondary N) is 2. The van der Waals surface area contributed by atoms with E-state index < -0.39 is 0 Å². The standard InChI is InChI=1S/C13H15BrFN3/c1-2-5-16-7-9-8-17-18-13(9)11-6-10(14)3-4-12(11)15/h3-4,6,8,16H,2,5,7H2,1H3,(H,17,18). The van der Waals surface area contributed by atoms with Crippen LogP contribution in [0.3, 0.4) is 0 Å². The van der Waals surface area contributed by atoms with E-state index in [1.54, 1.807) is 18.3 Å². The Morgan fingerprint density at radius 1 is 1.44 bits per heavy atom. The van der Waals surface area contributed by atoms with Crippen molar-refractivity contribution in [2.24, 2.45) is 0 Å². The van der Waals surface area contributed by atoms with Crippen molar-refractivity contribution < 1.29 is 4.39 Å². The van der Waals surface area contributed by atoms with E-state index >= 15 is 0 Å². The summed E-state index contributed by atoms with van der Waals surface area (Å²) in [6.07, 6.45) is 2.80. The number of hydrogen-bond donors (Lipinski definition) is 2. The van der Waals surface area contributed by atoms with Crippen LogP contribution in [0.25, 0.3) is 11.3 Å². The fourth-order valence-corrected chi connectivity index (χ4v) is 2.13. The van der Waals surface area contributed by atoms with Crippen molar-refractivity contribution in [1.29, 1.82) is 0 Å². The van der Waals surface area contributed by atoms with Crippen LogP contribution in [0.2, 0.25) is 0 Å². The molecule has 18 heavy (non-hydrogen) atoms. The molecule has 0 saturated carbocycles. The first-order chi connectivity index (χ1) is 8.72. The molecule has 1 aromatic heterocycles. The third kappa shape index (κ3) is 2.97. The Labute approximate surface area is 114 Å². The molecule has 1 aromatic carbocycles. The molecular formula is C13H15BrFN3. The second-order valence-electron chi connectivity index (χ2n) is 4.07. The number of aromatic amines is 1. The summed E-state index contributed by atoms with van der Waals surface area (Å²) in [4.78, 5) is 0. The molecule has 0 saturated heterocycles. The first kappa shape index (κ1) is 13.2. The van der Waals surface area contributed by atoms with Crippen LogP contribution >= 0.6 is 15.9 Å². The highest BCUT2D eigenvalue weighted by molar-refractivity contribution is 9.10. The predicted molar refractivity (Wildman–Crippen MR) is 73.7 cm³/mol. The number of rotatable bonds is 5. The third-order valence-electron chi connectivity index (χ3n) is 2.66. The molecule has 0 unspecified atom stereocenters. The third-order valence-corrected chi connectivity index (χ3v) is 3.15. The lowest BCUT2D eigenvalue weighted by Crippen LogP contribution is -2.13. The smallest absolute Gasteiger partial charge is 0.132 e. The molecule has 5 heteroatoms. The largest absolute Gasteiger partial charge is 0.313 e. The van der Waals surface area contributed by atoms with Gasteiger partial charge in [0.05, 0.1) is 11.9 Å². The zero-order valence-corrected chi connectivity index (χ0v) is 11.7. The number of H-pyrrole nitrogens is 1. The van der Waals surface area contributed by atoms with Crippen molar-refractivity contribution in [2.45, 2.75) is 19.9 Å². The molecule has 2 N–H and O–H groups in total. The van der Waals surface area contributed by atoms with Crippen LogP contribution in [0.5, 0.6) is 0 Å². The quantitative estimate of drug-likeness (QED) is 0.830. The van der Waals surface area contributed by atoms with Gasteiger partial charge in [-0.2, -0.15) is 5.10 Å². The molecule has 0 amide bonds. The zero-order chi connectivity index (χ0) is 13.0. The second kappa shape index (κ2) is 6.11. The predicted octanol–water partition coefficient (Wildman–Crippen LogP) is 3.48. The van der Waals surface area contributed by atoms with E-state index in [9.17, 15) is 4.39 Å². The van der Waals surface area contributed by atoms with Crippen LogP contribution in [0, 0.1) is 5.82 Å². The molecule has 96 valence electrons. The molecule has 3 nitrogen and oxygen atoms in total. The Hall–Kier alpha value is -1.20. The number of hydrogen-bond acceptors (Lipinski definition) is 2. The van der Waals surface area contributed by atoms with Gasteiger partial charge in [0.15, 0.2) is 0 Å². The Kier molecular flexibility index (Phi) is 4.49. The minimum Gasteiger partial charge on any atom is -0.313 e. The summed E-state index contributed by atoms with van der Waals surface area (Å²) >= 11 is 3.35. The molecule has 1 heterocycles. The normalized spacial score (nSPS) is 10.8. The highest BCUT2D eigenvalue weighted by Gasteiger charge is 2.12. The zero-order valence-electron chi connectivity index (χ0n) is 10.1. The van der Waals surface area contributed by atoms with Gasteiger partial charge in [-0.3, -0.25) is 5.10 Å². The number of benzene rings is 1. The summed E-state index contributed by atoms with van der Waals surface area (Å²) in [6, 6.07) is 4.89. The minimum atomic E-state index is -0.251. The van der Waals surface area contributed by atoms with Gasteiger partial charge in [0.2, 0.25) is 0 Å². The maximum Gasteiger partial charge on any atom is 0.132 e. The summed E-state index contributed by atoms with van der Waals surface area (Å²) in [5.41, 5.74) is 2.24. The number of aromatic nitrogens is 2. The van der Waals surface area contributed by atoms with E-state index in [-0.39, 0.29) is 5.82 Å². The highest BCUT2D eigenvalue weighted by atomic mass is 79.9. The average molecular weight is 312 g/mol. The van der Waals surface area contributed by atoms with E-state index in [4.69, 9.17) is 0 Å². The van der Waals surface area contributed by atoms with Crippen molar-refractivity contribution in [3.63, 3.8) is 0 Å². The summed E-state index contributed by atoms with van der Waals surface area (Å²) < 4.78 is 14.7. The molecule has 0 spiro atoms. The summed E-state index contributed by atoms with van der Waals surface area (Å²) in [7, 11) is 0. The molecule has 0 radical (unpaired) electrons. The van der Waals surface area contributed by atoms with Gasteiger partial charge in [-0.1, -0.05) is 22.9 Å². The lowest BCUT2D eigenvalue weighted by atomic mass is 10.1. The highest BCUT2D eigenvalue weighted by Crippen LogP contribution is 2.27. The van der Waals surface area contributed by atoms with Crippen molar-refractivity contribution in [2.75, 3.05) is 6.54 Å². The SMILES string of the molecule is CCCNCc1cn[nH]c1-c1cc(Br)ccc1F. The van der Waals surface area contributed by atoms with Crippen LogP contribution in [0.15, 0.2) is 28.9 Å². The van der Waals surface area contributed by atoms with Crippen LogP contribution in [-0.4, -0.2) is 16.7 Å². The molecule has 0 fully saturated rings.